The molecule has 0 radical (unpaired) electrons. The molecule has 5 rings (SSSR count). The van der Waals surface area contributed by atoms with Gasteiger partial charge in [0.2, 0.25) is 5.95 Å². The Morgan fingerprint density at radius 1 is 1.06 bits per heavy atom. The van der Waals surface area contributed by atoms with Crippen LogP contribution in [0.15, 0.2) is 65.3 Å². The number of benzene rings is 2. The molecule has 0 aliphatic heterocycles. The van der Waals surface area contributed by atoms with Crippen LogP contribution in [0.2, 0.25) is 0 Å². The number of rotatable bonds is 6. The summed E-state index contributed by atoms with van der Waals surface area (Å²) in [6.07, 6.45) is 5.54. The molecule has 4 aromatic rings. The van der Waals surface area contributed by atoms with E-state index in [2.05, 4.69) is 31.5 Å². The summed E-state index contributed by atoms with van der Waals surface area (Å²) >= 11 is 3.45. The molecule has 0 spiro atoms. The Morgan fingerprint density at radius 3 is 2.69 bits per heavy atom. The minimum atomic E-state index is -0.446. The zero-order valence-electron chi connectivity index (χ0n) is 19.8. The Kier molecular flexibility index (Phi) is 6.99. The lowest BCUT2D eigenvalue weighted by atomic mass is 10.1. The van der Waals surface area contributed by atoms with Crippen LogP contribution < -0.4 is 15.4 Å². The van der Waals surface area contributed by atoms with Gasteiger partial charge in [0, 0.05) is 42.0 Å². The van der Waals surface area contributed by atoms with E-state index in [4.69, 9.17) is 9.72 Å². The number of imidazole rings is 1. The van der Waals surface area contributed by atoms with Crippen molar-refractivity contribution < 1.29 is 14.3 Å². The third kappa shape index (κ3) is 5.41. The normalized spacial score (nSPS) is 15.9. The maximum atomic E-state index is 12.8. The van der Waals surface area contributed by atoms with Crippen molar-refractivity contribution in [2.75, 3.05) is 5.32 Å². The highest BCUT2D eigenvalue weighted by molar-refractivity contribution is 9.10. The van der Waals surface area contributed by atoms with Gasteiger partial charge in [0.25, 0.3) is 5.91 Å². The second kappa shape index (κ2) is 10.5. The van der Waals surface area contributed by atoms with Gasteiger partial charge in [-0.05, 0) is 55.3 Å². The van der Waals surface area contributed by atoms with Gasteiger partial charge in [-0.15, -0.1) is 0 Å². The summed E-state index contributed by atoms with van der Waals surface area (Å²) in [5, 5.41) is 6.18. The highest BCUT2D eigenvalue weighted by atomic mass is 79.9. The zero-order chi connectivity index (χ0) is 25.1. The van der Waals surface area contributed by atoms with Crippen LogP contribution in [0.25, 0.3) is 11.0 Å². The largest absolute Gasteiger partial charge is 0.457 e. The molecule has 1 aliphatic carbocycles. The van der Waals surface area contributed by atoms with Crippen molar-refractivity contribution in [2.45, 2.75) is 38.1 Å². The van der Waals surface area contributed by atoms with Crippen molar-refractivity contribution in [3.8, 4) is 11.5 Å². The number of halogens is 1. The van der Waals surface area contributed by atoms with E-state index in [0.717, 1.165) is 40.5 Å². The molecule has 9 heteroatoms. The number of nitrogens with one attached hydrogen (secondary N) is 2. The van der Waals surface area contributed by atoms with Crippen LogP contribution in [0, 0.1) is 0 Å². The molecule has 2 aromatic heterocycles. The number of hydrogen-bond acceptors (Lipinski definition) is 6. The summed E-state index contributed by atoms with van der Waals surface area (Å²) in [6.45, 7) is 0. The van der Waals surface area contributed by atoms with E-state index in [0.29, 0.717) is 30.3 Å². The highest BCUT2D eigenvalue weighted by Gasteiger charge is 2.23. The Labute approximate surface area is 217 Å². The number of amides is 1. The average Bonchev–Trinajstić information content (AvgIpc) is 3.03. The number of aromatic nitrogens is 3. The van der Waals surface area contributed by atoms with E-state index in [1.54, 1.807) is 12.1 Å². The molecule has 2 aromatic carbocycles. The number of hydrogen-bond donors (Lipinski definition) is 2. The van der Waals surface area contributed by atoms with E-state index < -0.39 is 6.04 Å². The molecule has 1 aliphatic rings. The van der Waals surface area contributed by atoms with Crippen LogP contribution >= 0.6 is 15.9 Å². The molecular formula is C27H26BrN5O3. The fourth-order valence-corrected chi connectivity index (χ4v) is 4.56. The topological polar surface area (TPSA) is 98.1 Å². The van der Waals surface area contributed by atoms with Gasteiger partial charge in [-0.1, -0.05) is 28.8 Å². The molecule has 184 valence electrons. The minimum absolute atomic E-state index is 0.0888. The summed E-state index contributed by atoms with van der Waals surface area (Å²) in [7, 11) is 1.95. The smallest absolute Gasteiger partial charge is 0.270 e. The van der Waals surface area contributed by atoms with E-state index in [1.807, 2.05) is 54.1 Å². The molecule has 1 atom stereocenters. The Balaban J connectivity index is 1.31. The molecule has 0 bridgehead atoms. The van der Waals surface area contributed by atoms with Gasteiger partial charge < -0.3 is 19.9 Å². The molecule has 8 nitrogen and oxygen atoms in total. The third-order valence-corrected chi connectivity index (χ3v) is 6.79. The van der Waals surface area contributed by atoms with Gasteiger partial charge in [0.1, 0.15) is 17.2 Å². The molecule has 1 unspecified atom stereocenters. The Morgan fingerprint density at radius 2 is 1.86 bits per heavy atom. The van der Waals surface area contributed by atoms with E-state index in [9.17, 15) is 9.59 Å². The third-order valence-electron chi connectivity index (χ3n) is 6.26. The number of ether oxygens (including phenoxy) is 1. The van der Waals surface area contributed by atoms with Gasteiger partial charge >= 0.3 is 0 Å². The Bertz CT molecular complexity index is 1420. The predicted octanol–water partition coefficient (Wildman–Crippen LogP) is 5.90. The van der Waals surface area contributed by atoms with Crippen molar-refractivity contribution in [3.05, 3.63) is 71.0 Å². The first-order valence-corrected chi connectivity index (χ1v) is 12.7. The van der Waals surface area contributed by atoms with Crippen molar-refractivity contribution >= 4 is 50.3 Å². The van der Waals surface area contributed by atoms with E-state index >= 15 is 0 Å². The molecular weight excluding hydrogens is 522 g/mol. The number of anilines is 2. The molecule has 2 N–H and O–H groups in total. The lowest BCUT2D eigenvalue weighted by Crippen LogP contribution is -2.40. The standard InChI is InChI=1S/C27H26BrN5O3/c1-33-24-12-11-19(15-22(24)32-27(33)30-18-9-7-17(28)8-10-18)36-20-13-14-29-23(16-20)26(35)31-21-5-3-2-4-6-25(21)34/h7-16,21H,2-6H2,1H3,(H,30,32)(H,31,35). The van der Waals surface area contributed by atoms with Crippen molar-refractivity contribution in [3.63, 3.8) is 0 Å². The number of Topliss-reactive ketones (excluding diaryl/α,β-unsaturated/α-hetero) is 1. The van der Waals surface area contributed by atoms with Gasteiger partial charge in [0.05, 0.1) is 17.1 Å². The summed E-state index contributed by atoms with van der Waals surface area (Å²) < 4.78 is 9.01. The van der Waals surface area contributed by atoms with E-state index in [1.165, 1.54) is 6.20 Å². The summed E-state index contributed by atoms with van der Waals surface area (Å²) in [6, 6.07) is 16.4. The molecule has 1 amide bonds. The second-order valence-electron chi connectivity index (χ2n) is 8.85. The lowest BCUT2D eigenvalue weighted by molar-refractivity contribution is -0.120. The molecule has 1 fully saturated rings. The first-order chi connectivity index (χ1) is 17.5. The first-order valence-electron chi connectivity index (χ1n) is 11.9. The quantitative estimate of drug-likeness (QED) is 0.291. The monoisotopic (exact) mass is 547 g/mol. The predicted molar refractivity (Wildman–Crippen MR) is 142 cm³/mol. The molecule has 0 saturated heterocycles. The van der Waals surface area contributed by atoms with Crippen molar-refractivity contribution in [1.82, 2.24) is 19.9 Å². The second-order valence-corrected chi connectivity index (χ2v) is 9.76. The van der Waals surface area contributed by atoms with Crippen LogP contribution in [-0.2, 0) is 11.8 Å². The number of fused-ring (bicyclic) bond motifs is 1. The van der Waals surface area contributed by atoms with Gasteiger partial charge in [-0.3, -0.25) is 14.6 Å². The van der Waals surface area contributed by atoms with Crippen LogP contribution in [-0.4, -0.2) is 32.3 Å². The lowest BCUT2D eigenvalue weighted by Gasteiger charge is -2.15. The maximum Gasteiger partial charge on any atom is 0.270 e. The molecule has 2 heterocycles. The van der Waals surface area contributed by atoms with Crippen LogP contribution in [0.4, 0.5) is 11.6 Å². The highest BCUT2D eigenvalue weighted by Crippen LogP contribution is 2.28. The minimum Gasteiger partial charge on any atom is -0.457 e. The van der Waals surface area contributed by atoms with Crippen molar-refractivity contribution in [1.29, 1.82) is 0 Å². The van der Waals surface area contributed by atoms with Crippen LogP contribution in [0.1, 0.15) is 42.6 Å². The fraction of sp³-hybridized carbons (Fsp3) is 0.259. The maximum absolute atomic E-state index is 12.8. The fourth-order valence-electron chi connectivity index (χ4n) is 4.30. The van der Waals surface area contributed by atoms with Crippen molar-refractivity contribution in [2.24, 2.45) is 7.05 Å². The SMILES string of the molecule is Cn1c(Nc2ccc(Br)cc2)nc2cc(Oc3ccnc(C(=O)NC4CCCCCC4=O)c3)ccc21. The number of pyridine rings is 1. The number of nitrogens with zero attached hydrogens (tertiary/aromatic N) is 3. The number of carbonyl (C=O) groups is 2. The number of ketones is 1. The van der Waals surface area contributed by atoms with Gasteiger partial charge in [-0.2, -0.15) is 0 Å². The van der Waals surface area contributed by atoms with Crippen LogP contribution in [0.5, 0.6) is 11.5 Å². The first kappa shape index (κ1) is 24.0. The molecule has 1 saturated carbocycles. The number of aryl methyl sites for hydroxylation is 1. The molecule has 36 heavy (non-hydrogen) atoms. The van der Waals surface area contributed by atoms with Gasteiger partial charge in [-0.25, -0.2) is 4.98 Å². The van der Waals surface area contributed by atoms with Crippen LogP contribution in [0.3, 0.4) is 0 Å². The van der Waals surface area contributed by atoms with Gasteiger partial charge in [0.15, 0.2) is 5.78 Å². The summed E-state index contributed by atoms with van der Waals surface area (Å²) in [5.74, 6) is 1.49. The summed E-state index contributed by atoms with van der Waals surface area (Å²) in [5.41, 5.74) is 2.86. The summed E-state index contributed by atoms with van der Waals surface area (Å²) in [4.78, 5) is 33.9. The zero-order valence-corrected chi connectivity index (χ0v) is 21.4. The Hall–Kier alpha value is -3.72. The van der Waals surface area contributed by atoms with E-state index in [-0.39, 0.29) is 17.4 Å². The average molecular weight is 548 g/mol. The number of carbonyl (C=O) groups excluding carboxylic acids is 2.